The highest BCUT2D eigenvalue weighted by Gasteiger charge is 2.02. The molecule has 2 aromatic rings. The summed E-state index contributed by atoms with van der Waals surface area (Å²) in [5.41, 5.74) is 12.0. The number of nitrogens with two attached hydrogens (primary N) is 1. The molecular formula is C18H29N5O. The van der Waals surface area contributed by atoms with Crippen molar-refractivity contribution in [2.24, 2.45) is 15.8 Å². The topological polar surface area (TPSA) is 98.8 Å². The van der Waals surface area contributed by atoms with E-state index in [0.29, 0.717) is 5.96 Å². The molecule has 0 spiro atoms. The van der Waals surface area contributed by atoms with Gasteiger partial charge in [-0.1, -0.05) is 32.8 Å². The van der Waals surface area contributed by atoms with Gasteiger partial charge < -0.3 is 15.8 Å². The van der Waals surface area contributed by atoms with E-state index in [-0.39, 0.29) is 0 Å². The maximum Gasteiger partial charge on any atom is 0.209 e. The Kier molecular flexibility index (Phi) is 9.23. The second-order valence-electron chi connectivity index (χ2n) is 5.32. The summed E-state index contributed by atoms with van der Waals surface area (Å²) in [4.78, 5) is 7.48. The van der Waals surface area contributed by atoms with Crippen molar-refractivity contribution in [3.8, 4) is 0 Å². The van der Waals surface area contributed by atoms with Gasteiger partial charge in [-0.2, -0.15) is 5.10 Å². The molecular weight excluding hydrogens is 302 g/mol. The van der Waals surface area contributed by atoms with Crippen LogP contribution in [0.5, 0.6) is 0 Å². The first-order valence-corrected chi connectivity index (χ1v) is 8.38. The van der Waals surface area contributed by atoms with Gasteiger partial charge in [-0.05, 0) is 30.5 Å². The Hall–Kier alpha value is -2.34. The molecule has 0 aliphatic rings. The Morgan fingerprint density at radius 1 is 1.29 bits per heavy atom. The van der Waals surface area contributed by atoms with Crippen LogP contribution < -0.4 is 11.2 Å². The number of aliphatic hydroxyl groups excluding tert-OH is 1. The van der Waals surface area contributed by atoms with Crippen molar-refractivity contribution in [1.29, 1.82) is 0 Å². The van der Waals surface area contributed by atoms with Crippen LogP contribution in [0.1, 0.15) is 44.2 Å². The first kappa shape index (κ1) is 19.7. The summed E-state index contributed by atoms with van der Waals surface area (Å²) < 4.78 is 0. The molecule has 0 saturated heterocycles. The van der Waals surface area contributed by atoms with Gasteiger partial charge in [0.25, 0.3) is 0 Å². The maximum atomic E-state index is 7.00. The SMILES string of the molecule is CCCCCN=C(N)N/N=C/c1c[nH]c2ccc(CC)cc12.CO. The maximum absolute atomic E-state index is 7.00. The molecule has 0 aliphatic carbocycles. The molecule has 0 amide bonds. The van der Waals surface area contributed by atoms with Crippen LogP contribution in [-0.4, -0.2) is 35.9 Å². The Bertz CT molecular complexity index is 660. The minimum absolute atomic E-state index is 0.362. The summed E-state index contributed by atoms with van der Waals surface area (Å²) >= 11 is 0. The molecule has 1 aromatic carbocycles. The summed E-state index contributed by atoms with van der Waals surface area (Å²) in [6.45, 7) is 5.06. The molecule has 24 heavy (non-hydrogen) atoms. The number of fused-ring (bicyclic) bond motifs is 1. The first-order chi connectivity index (χ1) is 11.7. The van der Waals surface area contributed by atoms with E-state index in [1.165, 1.54) is 23.8 Å². The van der Waals surface area contributed by atoms with Gasteiger partial charge in [0.2, 0.25) is 5.96 Å². The summed E-state index contributed by atoms with van der Waals surface area (Å²) in [5.74, 6) is 0.362. The van der Waals surface area contributed by atoms with Gasteiger partial charge in [0, 0.05) is 36.3 Å². The van der Waals surface area contributed by atoms with Crippen molar-refractivity contribution in [3.63, 3.8) is 0 Å². The summed E-state index contributed by atoms with van der Waals surface area (Å²) in [7, 11) is 1.00. The number of H-pyrrole nitrogens is 1. The van der Waals surface area contributed by atoms with Gasteiger partial charge in [0.1, 0.15) is 0 Å². The second-order valence-corrected chi connectivity index (χ2v) is 5.32. The number of hydrogen-bond donors (Lipinski definition) is 4. The van der Waals surface area contributed by atoms with Crippen molar-refractivity contribution < 1.29 is 5.11 Å². The second kappa shape index (κ2) is 11.2. The Morgan fingerprint density at radius 3 is 2.79 bits per heavy atom. The van der Waals surface area contributed by atoms with Gasteiger partial charge in [-0.15, -0.1) is 0 Å². The minimum atomic E-state index is 0.362. The summed E-state index contributed by atoms with van der Waals surface area (Å²) in [5, 5.41) is 12.3. The summed E-state index contributed by atoms with van der Waals surface area (Å²) in [6.07, 6.45) is 8.16. The molecule has 0 unspecified atom stereocenters. The molecule has 6 heteroatoms. The van der Waals surface area contributed by atoms with Crippen LogP contribution in [0.3, 0.4) is 0 Å². The fourth-order valence-corrected chi connectivity index (χ4v) is 2.28. The number of unbranched alkanes of at least 4 members (excludes halogenated alkanes) is 2. The molecule has 6 nitrogen and oxygen atoms in total. The third-order valence-electron chi connectivity index (χ3n) is 3.61. The minimum Gasteiger partial charge on any atom is -0.400 e. The van der Waals surface area contributed by atoms with Crippen LogP contribution in [0.15, 0.2) is 34.5 Å². The largest absolute Gasteiger partial charge is 0.400 e. The molecule has 2 rings (SSSR count). The van der Waals surface area contributed by atoms with Crippen molar-refractivity contribution >= 4 is 23.1 Å². The standard InChI is InChI=1S/C17H25N5.CH4O/c1-3-5-6-9-19-17(18)22-21-12-14-11-20-16-8-7-13(4-2)10-15(14)16;1-2/h7-8,10-12,20H,3-6,9H2,1-2H3,(H3,18,19,22);2H,1H3/b21-12+;. The van der Waals surface area contributed by atoms with Crippen LogP contribution in [0.2, 0.25) is 0 Å². The predicted octanol–water partition coefficient (Wildman–Crippen LogP) is 2.77. The zero-order chi connectivity index (χ0) is 17.8. The van der Waals surface area contributed by atoms with Crippen LogP contribution in [0.4, 0.5) is 0 Å². The third-order valence-corrected chi connectivity index (χ3v) is 3.61. The van der Waals surface area contributed by atoms with Crippen molar-refractivity contribution in [3.05, 3.63) is 35.5 Å². The number of aliphatic hydroxyl groups is 1. The van der Waals surface area contributed by atoms with E-state index in [4.69, 9.17) is 10.8 Å². The number of rotatable bonds is 7. The molecule has 0 fully saturated rings. The molecule has 0 atom stereocenters. The molecule has 0 aliphatic heterocycles. The zero-order valence-corrected chi connectivity index (χ0v) is 14.8. The highest BCUT2D eigenvalue weighted by molar-refractivity contribution is 5.99. The average molecular weight is 331 g/mol. The van der Waals surface area contributed by atoms with E-state index in [2.05, 4.69) is 52.6 Å². The lowest BCUT2D eigenvalue weighted by Gasteiger charge is -2.00. The third kappa shape index (κ3) is 6.04. The van der Waals surface area contributed by atoms with Gasteiger partial charge in [-0.3, -0.25) is 4.99 Å². The number of hydrogen-bond acceptors (Lipinski definition) is 3. The number of benzene rings is 1. The molecule has 0 radical (unpaired) electrons. The molecule has 132 valence electrons. The van der Waals surface area contributed by atoms with Gasteiger partial charge in [-0.25, -0.2) is 5.43 Å². The number of aliphatic imine (C=N–C) groups is 1. The number of aromatic amines is 1. The molecule has 0 saturated carbocycles. The van der Waals surface area contributed by atoms with Crippen LogP contribution in [0.25, 0.3) is 10.9 Å². The van der Waals surface area contributed by atoms with Crippen LogP contribution in [0, 0.1) is 0 Å². The van der Waals surface area contributed by atoms with E-state index >= 15 is 0 Å². The lowest BCUT2D eigenvalue weighted by Crippen LogP contribution is -2.27. The first-order valence-electron chi connectivity index (χ1n) is 8.38. The van der Waals surface area contributed by atoms with Crippen molar-refractivity contribution in [2.75, 3.05) is 13.7 Å². The van der Waals surface area contributed by atoms with E-state index < -0.39 is 0 Å². The smallest absolute Gasteiger partial charge is 0.209 e. The lowest BCUT2D eigenvalue weighted by molar-refractivity contribution is 0.399. The number of nitrogens with zero attached hydrogens (tertiary/aromatic N) is 2. The number of guanidine groups is 1. The number of hydrazone groups is 1. The van der Waals surface area contributed by atoms with Crippen LogP contribution in [-0.2, 0) is 6.42 Å². The van der Waals surface area contributed by atoms with E-state index in [1.807, 2.05) is 6.20 Å². The quantitative estimate of drug-likeness (QED) is 0.272. The van der Waals surface area contributed by atoms with Gasteiger partial charge in [0.05, 0.1) is 6.21 Å². The molecule has 5 N–H and O–H groups in total. The van der Waals surface area contributed by atoms with Crippen LogP contribution >= 0.6 is 0 Å². The Morgan fingerprint density at radius 2 is 2.08 bits per heavy atom. The molecule has 1 aromatic heterocycles. The highest BCUT2D eigenvalue weighted by Crippen LogP contribution is 2.18. The van der Waals surface area contributed by atoms with E-state index in [0.717, 1.165) is 37.6 Å². The van der Waals surface area contributed by atoms with Gasteiger partial charge >= 0.3 is 0 Å². The fourth-order valence-electron chi connectivity index (χ4n) is 2.28. The average Bonchev–Trinajstić information content (AvgIpc) is 3.03. The van der Waals surface area contributed by atoms with Crippen molar-refractivity contribution in [1.82, 2.24) is 10.4 Å². The van der Waals surface area contributed by atoms with E-state index in [9.17, 15) is 0 Å². The normalized spacial score (nSPS) is 11.6. The van der Waals surface area contributed by atoms with E-state index in [1.54, 1.807) is 6.21 Å². The zero-order valence-electron chi connectivity index (χ0n) is 14.8. The Balaban J connectivity index is 0.00000139. The number of aromatic nitrogens is 1. The Labute approximate surface area is 143 Å². The fraction of sp³-hybridized carbons (Fsp3) is 0.444. The highest BCUT2D eigenvalue weighted by atomic mass is 16.2. The predicted molar refractivity (Wildman–Crippen MR) is 103 cm³/mol. The summed E-state index contributed by atoms with van der Waals surface area (Å²) in [6, 6.07) is 6.43. The van der Waals surface area contributed by atoms with Crippen molar-refractivity contribution in [2.45, 2.75) is 39.5 Å². The molecule has 0 bridgehead atoms. The lowest BCUT2D eigenvalue weighted by atomic mass is 10.1. The monoisotopic (exact) mass is 331 g/mol. The van der Waals surface area contributed by atoms with Gasteiger partial charge in [0.15, 0.2) is 0 Å². The molecule has 1 heterocycles. The number of nitrogens with one attached hydrogen (secondary N) is 2. The number of aryl methyl sites for hydroxylation is 1.